The molecule has 1 saturated heterocycles. The van der Waals surface area contributed by atoms with Crippen LogP contribution in [0.5, 0.6) is 0 Å². The van der Waals surface area contributed by atoms with Crippen molar-refractivity contribution in [3.63, 3.8) is 0 Å². The number of hydrogen-bond acceptors (Lipinski definition) is 4. The number of carbonyl (C=O) groups is 2. The zero-order chi connectivity index (χ0) is 16.9. The average molecular weight is 330 g/mol. The van der Waals surface area contributed by atoms with Crippen LogP contribution in [-0.2, 0) is 6.42 Å². The van der Waals surface area contributed by atoms with E-state index in [4.69, 9.17) is 4.42 Å². The Morgan fingerprint density at radius 2 is 1.96 bits per heavy atom. The number of aryl methyl sites for hydroxylation is 1. The Morgan fingerprint density at radius 1 is 1.21 bits per heavy atom. The number of aromatic nitrogens is 2. The predicted molar refractivity (Wildman–Crippen MR) is 87.7 cm³/mol. The van der Waals surface area contributed by atoms with Gasteiger partial charge in [0.1, 0.15) is 12.0 Å². The first-order valence-electron chi connectivity index (χ1n) is 8.34. The molecule has 0 bridgehead atoms. The van der Waals surface area contributed by atoms with Crippen LogP contribution in [0.2, 0.25) is 0 Å². The zero-order valence-electron chi connectivity index (χ0n) is 13.8. The summed E-state index contributed by atoms with van der Waals surface area (Å²) in [5.41, 5.74) is 1.98. The minimum atomic E-state index is -0.0776. The number of aromatic amines is 1. The highest BCUT2D eigenvalue weighted by atomic mass is 16.3. The third-order valence-electron chi connectivity index (χ3n) is 4.21. The average Bonchev–Trinajstić information content (AvgIpc) is 3.21. The number of nitrogens with one attached hydrogen (secondary N) is 1. The zero-order valence-corrected chi connectivity index (χ0v) is 13.8. The molecule has 1 N–H and O–H groups in total. The Labute approximate surface area is 140 Å². The van der Waals surface area contributed by atoms with E-state index in [1.54, 1.807) is 15.9 Å². The standard InChI is InChI=1S/C17H22N4O3/c1-2-4-14-11-15(19-18-14)17(23)21-7-3-6-20(8-9-21)16(22)13-5-10-24-12-13/h5,10-12H,2-4,6-9H2,1H3,(H,18,19). The summed E-state index contributed by atoms with van der Waals surface area (Å²) < 4.78 is 4.97. The lowest BCUT2D eigenvalue weighted by molar-refractivity contribution is 0.0715. The molecule has 0 saturated carbocycles. The van der Waals surface area contributed by atoms with Crippen LogP contribution in [0, 0.1) is 0 Å². The van der Waals surface area contributed by atoms with E-state index in [0.29, 0.717) is 37.4 Å². The van der Waals surface area contributed by atoms with Crippen LogP contribution in [0.4, 0.5) is 0 Å². The van der Waals surface area contributed by atoms with Gasteiger partial charge in [-0.05, 0) is 25.0 Å². The van der Waals surface area contributed by atoms with Crippen LogP contribution >= 0.6 is 0 Å². The van der Waals surface area contributed by atoms with Crippen molar-refractivity contribution in [1.29, 1.82) is 0 Å². The Balaban J connectivity index is 1.62. The lowest BCUT2D eigenvalue weighted by Gasteiger charge is -2.21. The summed E-state index contributed by atoms with van der Waals surface area (Å²) in [6.45, 7) is 4.38. The highest BCUT2D eigenvalue weighted by Gasteiger charge is 2.25. The molecule has 24 heavy (non-hydrogen) atoms. The molecule has 0 unspecified atom stereocenters. The van der Waals surface area contributed by atoms with E-state index in [1.807, 2.05) is 6.07 Å². The number of rotatable bonds is 4. The van der Waals surface area contributed by atoms with Gasteiger partial charge in [-0.25, -0.2) is 0 Å². The Bertz CT molecular complexity index is 693. The summed E-state index contributed by atoms with van der Waals surface area (Å²) in [6, 6.07) is 3.49. The van der Waals surface area contributed by atoms with Gasteiger partial charge in [0.05, 0.1) is 11.8 Å². The Hall–Kier alpha value is -2.57. The normalized spacial score (nSPS) is 15.4. The molecule has 3 rings (SSSR count). The smallest absolute Gasteiger partial charge is 0.274 e. The highest BCUT2D eigenvalue weighted by molar-refractivity contribution is 5.94. The molecular formula is C17H22N4O3. The van der Waals surface area contributed by atoms with E-state index in [0.717, 1.165) is 25.0 Å². The number of carbonyl (C=O) groups excluding carboxylic acids is 2. The fourth-order valence-electron chi connectivity index (χ4n) is 2.92. The Morgan fingerprint density at radius 3 is 2.62 bits per heavy atom. The van der Waals surface area contributed by atoms with Crippen LogP contribution in [0.1, 0.15) is 46.3 Å². The van der Waals surface area contributed by atoms with Crippen molar-refractivity contribution in [1.82, 2.24) is 20.0 Å². The van der Waals surface area contributed by atoms with Gasteiger partial charge < -0.3 is 14.2 Å². The number of hydrogen-bond donors (Lipinski definition) is 1. The van der Waals surface area contributed by atoms with Gasteiger partial charge in [0.25, 0.3) is 11.8 Å². The second-order valence-electron chi connectivity index (χ2n) is 5.98. The van der Waals surface area contributed by atoms with Gasteiger partial charge in [0, 0.05) is 31.9 Å². The SMILES string of the molecule is CCCc1cc(C(=O)N2CCCN(C(=O)c3ccoc3)CC2)n[nH]1. The summed E-state index contributed by atoms with van der Waals surface area (Å²) in [5, 5.41) is 7.04. The molecule has 7 heteroatoms. The topological polar surface area (TPSA) is 82.4 Å². The number of amides is 2. The molecule has 2 aromatic rings. The van der Waals surface area contributed by atoms with Crippen LogP contribution in [0.3, 0.4) is 0 Å². The van der Waals surface area contributed by atoms with Crippen LogP contribution < -0.4 is 0 Å². The van der Waals surface area contributed by atoms with Crippen molar-refractivity contribution < 1.29 is 14.0 Å². The monoisotopic (exact) mass is 330 g/mol. The number of H-pyrrole nitrogens is 1. The van der Waals surface area contributed by atoms with E-state index in [1.165, 1.54) is 12.5 Å². The van der Waals surface area contributed by atoms with E-state index < -0.39 is 0 Å². The van der Waals surface area contributed by atoms with Crippen LogP contribution in [0.15, 0.2) is 29.1 Å². The fourth-order valence-corrected chi connectivity index (χ4v) is 2.92. The predicted octanol–water partition coefficient (Wildman–Crippen LogP) is 1.94. The maximum Gasteiger partial charge on any atom is 0.274 e. The molecule has 2 aromatic heterocycles. The third kappa shape index (κ3) is 3.50. The van der Waals surface area contributed by atoms with Crippen molar-refractivity contribution in [2.75, 3.05) is 26.2 Å². The molecule has 0 aliphatic carbocycles. The first kappa shape index (κ1) is 16.3. The largest absolute Gasteiger partial charge is 0.472 e. The van der Waals surface area contributed by atoms with E-state index in [9.17, 15) is 9.59 Å². The molecule has 1 aliphatic heterocycles. The molecule has 1 aliphatic rings. The maximum absolute atomic E-state index is 12.6. The minimum Gasteiger partial charge on any atom is -0.472 e. The van der Waals surface area contributed by atoms with E-state index in [2.05, 4.69) is 17.1 Å². The summed E-state index contributed by atoms with van der Waals surface area (Å²) in [4.78, 5) is 28.5. The van der Waals surface area contributed by atoms with Crippen molar-refractivity contribution in [3.05, 3.63) is 41.6 Å². The first-order chi connectivity index (χ1) is 11.7. The third-order valence-corrected chi connectivity index (χ3v) is 4.21. The van der Waals surface area contributed by atoms with Gasteiger partial charge in [-0.1, -0.05) is 13.3 Å². The first-order valence-corrected chi connectivity index (χ1v) is 8.34. The van der Waals surface area contributed by atoms with Gasteiger partial charge in [-0.3, -0.25) is 14.7 Å². The molecule has 0 radical (unpaired) electrons. The summed E-state index contributed by atoms with van der Waals surface area (Å²) >= 11 is 0. The summed E-state index contributed by atoms with van der Waals surface area (Å²) in [5.74, 6) is -0.130. The lowest BCUT2D eigenvalue weighted by atomic mass is 10.2. The van der Waals surface area contributed by atoms with Crippen molar-refractivity contribution in [2.24, 2.45) is 0 Å². The number of furan rings is 1. The van der Waals surface area contributed by atoms with E-state index in [-0.39, 0.29) is 11.8 Å². The van der Waals surface area contributed by atoms with Crippen molar-refractivity contribution in [3.8, 4) is 0 Å². The molecule has 1 fully saturated rings. The molecule has 2 amide bonds. The molecule has 0 spiro atoms. The molecule has 0 aromatic carbocycles. The quantitative estimate of drug-likeness (QED) is 0.929. The van der Waals surface area contributed by atoms with Gasteiger partial charge in [-0.15, -0.1) is 0 Å². The summed E-state index contributed by atoms with van der Waals surface area (Å²) in [6.07, 6.45) is 5.58. The lowest BCUT2D eigenvalue weighted by Crippen LogP contribution is -2.37. The fraction of sp³-hybridized carbons (Fsp3) is 0.471. The molecule has 7 nitrogen and oxygen atoms in total. The van der Waals surface area contributed by atoms with Gasteiger partial charge in [0.2, 0.25) is 0 Å². The van der Waals surface area contributed by atoms with Gasteiger partial charge >= 0.3 is 0 Å². The Kier molecular flexibility index (Phi) is 4.98. The maximum atomic E-state index is 12.6. The minimum absolute atomic E-state index is 0.0527. The molecule has 128 valence electrons. The molecule has 3 heterocycles. The van der Waals surface area contributed by atoms with Crippen LogP contribution in [-0.4, -0.2) is 58.0 Å². The molecule has 0 atom stereocenters. The summed E-state index contributed by atoms with van der Waals surface area (Å²) in [7, 11) is 0. The highest BCUT2D eigenvalue weighted by Crippen LogP contribution is 2.12. The van der Waals surface area contributed by atoms with Crippen molar-refractivity contribution in [2.45, 2.75) is 26.2 Å². The van der Waals surface area contributed by atoms with E-state index >= 15 is 0 Å². The second-order valence-corrected chi connectivity index (χ2v) is 5.98. The van der Waals surface area contributed by atoms with Crippen LogP contribution in [0.25, 0.3) is 0 Å². The van der Waals surface area contributed by atoms with Gasteiger partial charge in [-0.2, -0.15) is 5.10 Å². The second kappa shape index (κ2) is 7.33. The molecular weight excluding hydrogens is 308 g/mol. The van der Waals surface area contributed by atoms with Gasteiger partial charge in [0.15, 0.2) is 0 Å². The number of nitrogens with zero attached hydrogens (tertiary/aromatic N) is 3. The van der Waals surface area contributed by atoms with Crippen molar-refractivity contribution >= 4 is 11.8 Å².